The summed E-state index contributed by atoms with van der Waals surface area (Å²) in [4.78, 5) is 58.4. The predicted molar refractivity (Wildman–Crippen MR) is 124 cm³/mol. The lowest BCUT2D eigenvalue weighted by Gasteiger charge is -2.13. The lowest BCUT2D eigenvalue weighted by atomic mass is 10.0. The number of aromatic nitrogens is 3. The fraction of sp³-hybridized carbons (Fsp3) is 0.316. The largest absolute Gasteiger partial charge is 0.480 e. The number of hydrogen-bond donors (Lipinski definition) is 6. The van der Waals surface area contributed by atoms with Crippen molar-refractivity contribution in [2.45, 2.75) is 31.7 Å². The number of aromatic amines is 2. The van der Waals surface area contributed by atoms with Crippen LogP contribution < -0.4 is 21.3 Å². The molecule has 13 nitrogen and oxygen atoms in total. The highest BCUT2D eigenvalue weighted by Gasteiger charge is 2.24. The lowest BCUT2D eigenvalue weighted by Crippen LogP contribution is -2.41. The quantitative estimate of drug-likeness (QED) is 0.229. The smallest absolute Gasteiger partial charge is 0.326 e. The van der Waals surface area contributed by atoms with Crippen LogP contribution in [0.5, 0.6) is 0 Å². The maximum absolute atomic E-state index is 12.6. The number of nitrogens with two attached hydrogens (primary N) is 1. The molecule has 0 bridgehead atoms. The van der Waals surface area contributed by atoms with Crippen LogP contribution in [0, 0.1) is 0 Å². The fourth-order valence-electron chi connectivity index (χ4n) is 3.30. The van der Waals surface area contributed by atoms with E-state index in [9.17, 15) is 32.7 Å². The molecule has 2 atom stereocenters. The van der Waals surface area contributed by atoms with Gasteiger partial charge in [-0.25, -0.2) is 13.2 Å². The third kappa shape index (κ3) is 5.79. The summed E-state index contributed by atoms with van der Waals surface area (Å²) in [5, 5.41) is 12.1. The van der Waals surface area contributed by atoms with Gasteiger partial charge in [0.25, 0.3) is 11.5 Å². The number of carboxylic acids is 1. The molecule has 0 saturated heterocycles. The molecule has 2 amide bonds. The standard InChI is InChI=1S/C19H22N6O7S2/c1-8(9-7-21-15-14(9)17(28)24-19(20)23-15)11-4-5-12(33-11)16(27)22-10(18(29)30)3-6-13(26)25-34(2,31)32/h4-5,7-8,10H,3,6H2,1-2H3,(H,22,27)(H,25,26)(H,29,30)(H4,20,21,23,24,28)/t8?,10-/m0/s1. The van der Waals surface area contributed by atoms with E-state index in [2.05, 4.69) is 20.3 Å². The molecule has 3 aromatic rings. The molecule has 0 aliphatic heterocycles. The molecule has 182 valence electrons. The SMILES string of the molecule is CC(c1ccc(C(=O)N[C@@H](CCC(=O)NS(C)(=O)=O)C(=O)O)s1)c1c[nH]c2nc(N)[nH]c(=O)c12. The van der Waals surface area contributed by atoms with Gasteiger partial charge in [-0.1, -0.05) is 6.92 Å². The summed E-state index contributed by atoms with van der Waals surface area (Å²) < 4.78 is 23.9. The number of H-pyrrole nitrogens is 2. The maximum Gasteiger partial charge on any atom is 0.326 e. The van der Waals surface area contributed by atoms with Gasteiger partial charge in [-0.05, 0) is 24.1 Å². The predicted octanol–water partition coefficient (Wildman–Crippen LogP) is 0.0857. The number of nitrogens with one attached hydrogen (secondary N) is 4. The summed E-state index contributed by atoms with van der Waals surface area (Å²) in [6.45, 7) is 1.84. The van der Waals surface area contributed by atoms with Gasteiger partial charge in [0.15, 0.2) is 0 Å². The van der Waals surface area contributed by atoms with Crippen molar-refractivity contribution in [2.24, 2.45) is 0 Å². The van der Waals surface area contributed by atoms with E-state index in [0.29, 0.717) is 16.6 Å². The summed E-state index contributed by atoms with van der Waals surface area (Å²) in [5.74, 6) is -3.21. The molecular formula is C19H22N6O7S2. The highest BCUT2D eigenvalue weighted by Crippen LogP contribution is 2.32. The van der Waals surface area contributed by atoms with Crippen LogP contribution in [0.2, 0.25) is 0 Å². The second-order valence-corrected chi connectivity index (χ2v) is 10.4. The van der Waals surface area contributed by atoms with E-state index >= 15 is 0 Å². The molecular weight excluding hydrogens is 488 g/mol. The molecule has 0 fully saturated rings. The van der Waals surface area contributed by atoms with Crippen LogP contribution in [0.25, 0.3) is 11.0 Å². The number of nitrogen functional groups attached to an aromatic ring is 1. The number of thiophene rings is 1. The lowest BCUT2D eigenvalue weighted by molar-refractivity contribution is -0.139. The van der Waals surface area contributed by atoms with Gasteiger partial charge in [0.1, 0.15) is 11.7 Å². The number of aliphatic carboxylic acids is 1. The Labute approximate surface area is 196 Å². The van der Waals surface area contributed by atoms with Crippen LogP contribution in [0.4, 0.5) is 5.95 Å². The molecule has 0 aliphatic rings. The average Bonchev–Trinajstić information content (AvgIpc) is 3.36. The Kier molecular flexibility index (Phi) is 7.07. The van der Waals surface area contributed by atoms with Gasteiger partial charge in [-0.15, -0.1) is 11.3 Å². The van der Waals surface area contributed by atoms with Crippen LogP contribution in [-0.4, -0.2) is 58.6 Å². The van der Waals surface area contributed by atoms with Crippen molar-refractivity contribution in [3.8, 4) is 0 Å². The van der Waals surface area contributed by atoms with E-state index in [-0.39, 0.29) is 23.2 Å². The van der Waals surface area contributed by atoms with E-state index in [4.69, 9.17) is 5.73 Å². The highest BCUT2D eigenvalue weighted by atomic mass is 32.2. The molecule has 7 N–H and O–H groups in total. The van der Waals surface area contributed by atoms with Crippen LogP contribution in [-0.2, 0) is 19.6 Å². The zero-order valence-corrected chi connectivity index (χ0v) is 19.7. The van der Waals surface area contributed by atoms with Gasteiger partial charge < -0.3 is 21.1 Å². The first kappa shape index (κ1) is 24.9. The minimum Gasteiger partial charge on any atom is -0.480 e. The molecule has 34 heavy (non-hydrogen) atoms. The number of hydrogen-bond acceptors (Lipinski definition) is 9. The second-order valence-electron chi connectivity index (χ2n) is 7.54. The van der Waals surface area contributed by atoms with Gasteiger partial charge in [-0.2, -0.15) is 4.98 Å². The Bertz CT molecular complexity index is 1420. The Hall–Kier alpha value is -3.72. The minimum absolute atomic E-state index is 0.0181. The van der Waals surface area contributed by atoms with Crippen LogP contribution in [0.1, 0.15) is 45.8 Å². The Morgan fingerprint density at radius 1 is 1.29 bits per heavy atom. The van der Waals surface area contributed by atoms with Gasteiger partial charge in [0, 0.05) is 23.4 Å². The fourth-order valence-corrected chi connectivity index (χ4v) is 4.80. The van der Waals surface area contributed by atoms with Crippen LogP contribution in [0.15, 0.2) is 23.1 Å². The van der Waals surface area contributed by atoms with Crippen LogP contribution in [0.3, 0.4) is 0 Å². The molecule has 0 aliphatic carbocycles. The third-order valence-electron chi connectivity index (χ3n) is 4.90. The third-order valence-corrected chi connectivity index (χ3v) is 6.76. The van der Waals surface area contributed by atoms with Crippen molar-refractivity contribution in [3.63, 3.8) is 0 Å². The summed E-state index contributed by atoms with van der Waals surface area (Å²) in [6.07, 6.45) is 1.73. The molecule has 3 aromatic heterocycles. The summed E-state index contributed by atoms with van der Waals surface area (Å²) in [5.41, 5.74) is 6.15. The first-order valence-electron chi connectivity index (χ1n) is 9.86. The summed E-state index contributed by atoms with van der Waals surface area (Å²) >= 11 is 1.12. The molecule has 0 spiro atoms. The van der Waals surface area contributed by atoms with Crippen molar-refractivity contribution in [1.82, 2.24) is 25.0 Å². The number of carbonyl (C=O) groups excluding carboxylic acids is 2. The first-order valence-corrected chi connectivity index (χ1v) is 12.6. The zero-order valence-electron chi connectivity index (χ0n) is 18.0. The number of nitrogens with zero attached hydrogens (tertiary/aromatic N) is 1. The Morgan fingerprint density at radius 3 is 2.65 bits per heavy atom. The maximum atomic E-state index is 12.6. The Balaban J connectivity index is 1.72. The van der Waals surface area contributed by atoms with E-state index in [1.165, 1.54) is 6.07 Å². The zero-order chi connectivity index (χ0) is 25.2. The molecule has 15 heteroatoms. The number of fused-ring (bicyclic) bond motifs is 1. The monoisotopic (exact) mass is 510 g/mol. The van der Waals surface area contributed by atoms with Crippen LogP contribution >= 0.6 is 11.3 Å². The minimum atomic E-state index is -3.77. The normalized spacial score (nSPS) is 13.4. The molecule has 1 unspecified atom stereocenters. The molecule has 3 heterocycles. The second kappa shape index (κ2) is 9.64. The van der Waals surface area contributed by atoms with Crippen molar-refractivity contribution >= 4 is 56.1 Å². The number of carbonyl (C=O) groups is 3. The number of sulfonamides is 1. The number of carboxylic acid groups (broad SMARTS) is 1. The first-order chi connectivity index (χ1) is 15.9. The Morgan fingerprint density at radius 2 is 2.00 bits per heavy atom. The van der Waals surface area contributed by atoms with Crippen molar-refractivity contribution in [1.29, 1.82) is 0 Å². The highest BCUT2D eigenvalue weighted by molar-refractivity contribution is 7.89. The van der Waals surface area contributed by atoms with Gasteiger partial charge in [0.05, 0.1) is 16.5 Å². The number of rotatable bonds is 9. The average molecular weight is 511 g/mol. The van der Waals surface area contributed by atoms with Gasteiger partial charge in [0.2, 0.25) is 21.9 Å². The summed E-state index contributed by atoms with van der Waals surface area (Å²) in [7, 11) is -3.77. The van der Waals surface area contributed by atoms with E-state index in [0.717, 1.165) is 22.5 Å². The number of amides is 2. The van der Waals surface area contributed by atoms with E-state index in [1.54, 1.807) is 17.0 Å². The van der Waals surface area contributed by atoms with Crippen molar-refractivity contribution in [2.75, 3.05) is 12.0 Å². The van der Waals surface area contributed by atoms with Gasteiger partial charge >= 0.3 is 5.97 Å². The van der Waals surface area contributed by atoms with Crippen molar-refractivity contribution < 1.29 is 27.9 Å². The molecule has 0 radical (unpaired) electrons. The van der Waals surface area contributed by atoms with Crippen molar-refractivity contribution in [3.05, 3.63) is 44.0 Å². The molecule has 0 saturated carbocycles. The summed E-state index contributed by atoms with van der Waals surface area (Å²) in [6, 6.07) is 1.82. The molecule has 0 aromatic carbocycles. The van der Waals surface area contributed by atoms with Gasteiger partial charge in [-0.3, -0.25) is 24.1 Å². The van der Waals surface area contributed by atoms with E-state index < -0.39 is 45.8 Å². The van der Waals surface area contributed by atoms with E-state index in [1.807, 2.05) is 6.92 Å². The number of anilines is 1. The molecule has 3 rings (SSSR count). The topological polar surface area (TPSA) is 217 Å².